The summed E-state index contributed by atoms with van der Waals surface area (Å²) in [6.45, 7) is 1.97. The molecule has 3 aromatic rings. The second kappa shape index (κ2) is 10.8. The van der Waals surface area contributed by atoms with Crippen LogP contribution in [0.5, 0.6) is 0 Å². The van der Waals surface area contributed by atoms with Gasteiger partial charge in [-0.05, 0) is 62.9 Å². The number of aromatic nitrogens is 3. The van der Waals surface area contributed by atoms with Crippen LogP contribution in [0.2, 0.25) is 5.02 Å². The van der Waals surface area contributed by atoms with Gasteiger partial charge in [-0.2, -0.15) is 4.98 Å². The number of carbonyl (C=O) groups is 1. The molecule has 4 rings (SSSR count). The van der Waals surface area contributed by atoms with Crippen molar-refractivity contribution in [2.24, 2.45) is 0 Å². The number of nitrogens with zero attached hydrogens (tertiary/aromatic N) is 4. The summed E-state index contributed by atoms with van der Waals surface area (Å²) < 4.78 is 26.4. The van der Waals surface area contributed by atoms with E-state index >= 15 is 0 Å². The largest absolute Gasteiger partial charge is 0.362 e. The zero-order valence-electron chi connectivity index (χ0n) is 20.4. The first-order valence-electron chi connectivity index (χ1n) is 11.7. The Bertz CT molecular complexity index is 1360. The van der Waals surface area contributed by atoms with Gasteiger partial charge in [0.1, 0.15) is 5.82 Å². The molecule has 1 saturated carbocycles. The molecular formula is C25H29ClN6O3S. The van der Waals surface area contributed by atoms with Gasteiger partial charge < -0.3 is 15.5 Å². The van der Waals surface area contributed by atoms with Crippen molar-refractivity contribution in [1.82, 2.24) is 20.3 Å². The molecule has 9 nitrogen and oxygen atoms in total. The molecule has 0 atom stereocenters. The summed E-state index contributed by atoms with van der Waals surface area (Å²) in [4.78, 5) is 28.1. The average Bonchev–Trinajstić information content (AvgIpc) is 2.86. The number of nitrogens with one attached hydrogen (secondary N) is 2. The second-order valence-corrected chi connectivity index (χ2v) is 11.4. The SMILES string of the molecule is Cc1cnc(NC2CCC(NC(=O)c3cccnc3S(=O)(=O)c3cccc(Cl)c3)CC2)nc1N(C)C. The molecule has 0 spiro atoms. The van der Waals surface area contributed by atoms with Gasteiger partial charge in [0.15, 0.2) is 5.03 Å². The maximum Gasteiger partial charge on any atom is 0.254 e. The van der Waals surface area contributed by atoms with Crippen LogP contribution in [-0.2, 0) is 9.84 Å². The molecule has 2 heterocycles. The molecule has 2 aromatic heterocycles. The van der Waals surface area contributed by atoms with Gasteiger partial charge in [0, 0.05) is 49.2 Å². The highest BCUT2D eigenvalue weighted by Gasteiger charge is 2.29. The van der Waals surface area contributed by atoms with Crippen molar-refractivity contribution < 1.29 is 13.2 Å². The number of amides is 1. The van der Waals surface area contributed by atoms with E-state index in [1.807, 2.05) is 25.9 Å². The fourth-order valence-electron chi connectivity index (χ4n) is 4.31. The van der Waals surface area contributed by atoms with Gasteiger partial charge in [-0.1, -0.05) is 17.7 Å². The Morgan fingerprint density at radius 1 is 1.06 bits per heavy atom. The van der Waals surface area contributed by atoms with Crippen LogP contribution in [0.15, 0.2) is 58.7 Å². The highest BCUT2D eigenvalue weighted by Crippen LogP contribution is 2.26. The highest BCUT2D eigenvalue weighted by atomic mass is 35.5. The van der Waals surface area contributed by atoms with Crippen molar-refractivity contribution in [2.45, 2.75) is 54.6 Å². The zero-order chi connectivity index (χ0) is 25.9. The fraction of sp³-hybridized carbons (Fsp3) is 0.360. The number of carbonyl (C=O) groups excluding carboxylic acids is 1. The van der Waals surface area contributed by atoms with Gasteiger partial charge in [0.25, 0.3) is 5.91 Å². The topological polar surface area (TPSA) is 117 Å². The Balaban J connectivity index is 1.41. The number of aryl methyl sites for hydroxylation is 1. The maximum absolute atomic E-state index is 13.2. The van der Waals surface area contributed by atoms with Crippen LogP contribution in [0.3, 0.4) is 0 Å². The van der Waals surface area contributed by atoms with Crippen LogP contribution in [0, 0.1) is 6.92 Å². The first kappa shape index (κ1) is 25.8. The molecule has 0 aliphatic heterocycles. The van der Waals surface area contributed by atoms with Crippen molar-refractivity contribution in [2.75, 3.05) is 24.3 Å². The molecule has 1 amide bonds. The van der Waals surface area contributed by atoms with E-state index < -0.39 is 15.7 Å². The Hall–Kier alpha value is -3.24. The molecule has 0 saturated heterocycles. The third-order valence-electron chi connectivity index (χ3n) is 6.14. The first-order chi connectivity index (χ1) is 17.1. The van der Waals surface area contributed by atoms with Crippen LogP contribution in [-0.4, -0.2) is 55.5 Å². The van der Waals surface area contributed by atoms with Crippen molar-refractivity contribution >= 4 is 39.1 Å². The van der Waals surface area contributed by atoms with Gasteiger partial charge in [0.2, 0.25) is 15.8 Å². The van der Waals surface area contributed by atoms with Gasteiger partial charge in [-0.15, -0.1) is 0 Å². The average molecular weight is 529 g/mol. The summed E-state index contributed by atoms with van der Waals surface area (Å²) in [5, 5.41) is 6.40. The van der Waals surface area contributed by atoms with Crippen molar-refractivity contribution in [3.8, 4) is 0 Å². The molecule has 1 fully saturated rings. The monoisotopic (exact) mass is 528 g/mol. The summed E-state index contributed by atoms with van der Waals surface area (Å²) in [6.07, 6.45) is 6.29. The van der Waals surface area contributed by atoms with Crippen LogP contribution in [0.4, 0.5) is 11.8 Å². The lowest BCUT2D eigenvalue weighted by molar-refractivity contribution is 0.0922. The van der Waals surface area contributed by atoms with Crippen molar-refractivity contribution in [1.29, 1.82) is 0 Å². The molecule has 1 aliphatic rings. The minimum atomic E-state index is -4.02. The maximum atomic E-state index is 13.2. The molecule has 190 valence electrons. The minimum absolute atomic E-state index is 0.00918. The smallest absolute Gasteiger partial charge is 0.254 e. The summed E-state index contributed by atoms with van der Waals surface area (Å²) in [5.41, 5.74) is 1.02. The Morgan fingerprint density at radius 3 is 2.47 bits per heavy atom. The predicted octanol–water partition coefficient (Wildman–Crippen LogP) is 3.89. The number of halogens is 1. The lowest BCUT2D eigenvalue weighted by Gasteiger charge is -2.30. The standard InChI is InChI=1S/C25H29ClN6O3S/c1-16-15-28-25(31-22(16)32(2)3)30-19-11-9-18(10-12-19)29-23(33)21-8-5-13-27-24(21)36(34,35)20-7-4-6-17(26)14-20/h4-8,13-15,18-19H,9-12H2,1-3H3,(H,29,33)(H,28,30,31). The Labute approximate surface area is 216 Å². The van der Waals surface area contributed by atoms with E-state index in [2.05, 4.69) is 25.6 Å². The van der Waals surface area contributed by atoms with E-state index in [1.165, 1.54) is 24.4 Å². The number of sulfone groups is 1. The molecule has 36 heavy (non-hydrogen) atoms. The van der Waals surface area contributed by atoms with Crippen LogP contribution in [0.25, 0.3) is 0 Å². The molecule has 0 bridgehead atoms. The number of rotatable bonds is 7. The number of hydrogen-bond donors (Lipinski definition) is 2. The second-order valence-electron chi connectivity index (χ2n) is 9.08. The van der Waals surface area contributed by atoms with Gasteiger partial charge >= 0.3 is 0 Å². The van der Waals surface area contributed by atoms with E-state index in [-0.39, 0.29) is 32.6 Å². The number of anilines is 2. The molecule has 1 aliphatic carbocycles. The van der Waals surface area contributed by atoms with E-state index in [1.54, 1.807) is 24.4 Å². The predicted molar refractivity (Wildman–Crippen MR) is 139 cm³/mol. The molecule has 0 unspecified atom stereocenters. The van der Waals surface area contributed by atoms with Crippen LogP contribution < -0.4 is 15.5 Å². The number of benzene rings is 1. The normalized spacial score (nSPS) is 17.9. The van der Waals surface area contributed by atoms with Gasteiger partial charge in [0.05, 0.1) is 10.5 Å². The Morgan fingerprint density at radius 2 is 1.78 bits per heavy atom. The molecule has 11 heteroatoms. The molecule has 0 radical (unpaired) electrons. The van der Waals surface area contributed by atoms with Crippen LogP contribution in [0.1, 0.15) is 41.6 Å². The fourth-order valence-corrected chi connectivity index (χ4v) is 5.97. The molecule has 1 aromatic carbocycles. The third kappa shape index (κ3) is 5.76. The van der Waals surface area contributed by atoms with E-state index in [9.17, 15) is 13.2 Å². The third-order valence-corrected chi connectivity index (χ3v) is 8.08. The first-order valence-corrected chi connectivity index (χ1v) is 13.6. The summed E-state index contributed by atoms with van der Waals surface area (Å²) in [5.74, 6) is 0.995. The lowest BCUT2D eigenvalue weighted by atomic mass is 9.91. The number of hydrogen-bond acceptors (Lipinski definition) is 8. The summed E-state index contributed by atoms with van der Waals surface area (Å²) in [7, 11) is -0.127. The Kier molecular flexibility index (Phi) is 7.75. The van der Waals surface area contributed by atoms with Crippen molar-refractivity contribution in [3.63, 3.8) is 0 Å². The van der Waals surface area contributed by atoms with E-state index in [0.29, 0.717) is 5.95 Å². The number of pyridine rings is 1. The summed E-state index contributed by atoms with van der Waals surface area (Å²) >= 11 is 5.98. The quantitative estimate of drug-likeness (QED) is 0.474. The van der Waals surface area contributed by atoms with Crippen molar-refractivity contribution in [3.05, 3.63) is 64.9 Å². The lowest BCUT2D eigenvalue weighted by Crippen LogP contribution is -2.40. The van der Waals surface area contributed by atoms with Crippen LogP contribution >= 0.6 is 11.6 Å². The molecular weight excluding hydrogens is 500 g/mol. The van der Waals surface area contributed by atoms with E-state index in [4.69, 9.17) is 11.6 Å². The van der Waals surface area contributed by atoms with Gasteiger partial charge in [-0.25, -0.2) is 18.4 Å². The minimum Gasteiger partial charge on any atom is -0.362 e. The van der Waals surface area contributed by atoms with Gasteiger partial charge in [-0.3, -0.25) is 4.79 Å². The highest BCUT2D eigenvalue weighted by molar-refractivity contribution is 7.91. The summed E-state index contributed by atoms with van der Waals surface area (Å²) in [6, 6.07) is 9.06. The molecule has 2 N–H and O–H groups in total. The zero-order valence-corrected chi connectivity index (χ0v) is 22.0. The van der Waals surface area contributed by atoms with E-state index in [0.717, 1.165) is 37.1 Å².